The Morgan fingerprint density at radius 2 is 1.33 bits per heavy atom. The van der Waals surface area contributed by atoms with Crippen LogP contribution in [0.2, 0.25) is 0 Å². The van der Waals surface area contributed by atoms with Gasteiger partial charge in [0.2, 0.25) is 5.91 Å². The molecule has 2 aliphatic heterocycles. The lowest BCUT2D eigenvalue weighted by molar-refractivity contribution is -0.143. The molecule has 2 atom stereocenters. The van der Waals surface area contributed by atoms with E-state index in [0.29, 0.717) is 32.5 Å². The molecule has 1 amide bonds. The first-order chi connectivity index (χ1) is 21.5. The predicted molar refractivity (Wildman–Crippen MR) is 159 cm³/mol. The minimum atomic E-state index is -4.94. The molecule has 0 aromatic heterocycles. The third kappa shape index (κ3) is 8.67. The molecule has 4 nitrogen and oxygen atoms in total. The highest BCUT2D eigenvalue weighted by atomic mass is 19.4. The number of carbonyl (C=O) groups excluding carboxylic acids is 1. The van der Waals surface area contributed by atoms with Crippen molar-refractivity contribution in [2.24, 2.45) is 5.92 Å². The molecule has 0 spiro atoms. The number of alkyl halides is 6. The third-order valence-electron chi connectivity index (χ3n) is 8.89. The van der Waals surface area contributed by atoms with E-state index >= 15 is 0 Å². The van der Waals surface area contributed by atoms with Crippen molar-refractivity contribution in [3.63, 3.8) is 0 Å². The summed E-state index contributed by atoms with van der Waals surface area (Å²) in [6.45, 7) is 3.00. The molecule has 0 saturated carbocycles. The largest absolute Gasteiger partial charge is 0.416 e. The molecular weight excluding hydrogens is 594 g/mol. The lowest BCUT2D eigenvalue weighted by Gasteiger charge is -2.43. The maximum atomic E-state index is 13.5. The Hall–Kier alpha value is -3.37. The van der Waals surface area contributed by atoms with Crippen LogP contribution < -0.4 is 0 Å². The predicted octanol–water partition coefficient (Wildman–Crippen LogP) is 8.17. The minimum absolute atomic E-state index is 0.0385. The van der Waals surface area contributed by atoms with Crippen molar-refractivity contribution in [2.75, 3.05) is 32.7 Å². The third-order valence-corrected chi connectivity index (χ3v) is 8.89. The van der Waals surface area contributed by atoms with Crippen molar-refractivity contribution >= 4 is 5.91 Å². The van der Waals surface area contributed by atoms with Crippen molar-refractivity contribution in [1.82, 2.24) is 9.80 Å². The number of nitrogens with zero attached hydrogens (tertiary/aromatic N) is 2. The molecule has 10 heteroatoms. The fraction of sp³-hybridized carbons (Fsp3) is 0.457. The molecule has 3 aromatic rings. The topological polar surface area (TPSA) is 32.8 Å². The van der Waals surface area contributed by atoms with Crippen molar-refractivity contribution < 1.29 is 35.9 Å². The smallest absolute Gasteiger partial charge is 0.373 e. The summed E-state index contributed by atoms with van der Waals surface area (Å²) in [5.74, 6) is -0.477. The Morgan fingerprint density at radius 3 is 1.87 bits per heavy atom. The van der Waals surface area contributed by atoms with Crippen LogP contribution in [-0.4, -0.2) is 54.5 Å². The monoisotopic (exact) mass is 632 g/mol. The van der Waals surface area contributed by atoms with E-state index < -0.39 is 36.2 Å². The van der Waals surface area contributed by atoms with E-state index in [0.717, 1.165) is 49.2 Å². The second-order valence-electron chi connectivity index (χ2n) is 12.0. The highest BCUT2D eigenvalue weighted by Gasteiger charge is 2.40. The molecule has 0 unspecified atom stereocenters. The van der Waals surface area contributed by atoms with Gasteiger partial charge in [-0.25, -0.2) is 0 Å². The van der Waals surface area contributed by atoms with E-state index in [4.69, 9.17) is 4.74 Å². The Labute approximate surface area is 260 Å². The number of ether oxygens (including phenoxy) is 1. The summed E-state index contributed by atoms with van der Waals surface area (Å²) in [6.07, 6.45) is -6.14. The summed E-state index contributed by atoms with van der Waals surface area (Å²) >= 11 is 0. The second kappa shape index (κ2) is 14.4. The Kier molecular flexibility index (Phi) is 10.5. The zero-order chi connectivity index (χ0) is 32.0. The Bertz CT molecular complexity index is 1320. The van der Waals surface area contributed by atoms with E-state index in [1.54, 1.807) is 0 Å². The van der Waals surface area contributed by atoms with Crippen LogP contribution in [0.3, 0.4) is 0 Å². The number of halogens is 6. The number of amides is 1. The van der Waals surface area contributed by atoms with Gasteiger partial charge in [0.05, 0.1) is 23.8 Å². The molecule has 0 radical (unpaired) electrons. The van der Waals surface area contributed by atoms with Crippen molar-refractivity contribution in [2.45, 2.75) is 63.1 Å². The first-order valence-corrected chi connectivity index (χ1v) is 15.5. The van der Waals surface area contributed by atoms with Gasteiger partial charge in [0.15, 0.2) is 0 Å². The number of hydrogen-bond acceptors (Lipinski definition) is 3. The molecule has 45 heavy (non-hydrogen) atoms. The molecule has 2 heterocycles. The number of hydrogen-bond donors (Lipinski definition) is 0. The summed E-state index contributed by atoms with van der Waals surface area (Å²) in [5.41, 5.74) is -0.959. The van der Waals surface area contributed by atoms with Crippen LogP contribution in [0.4, 0.5) is 26.3 Å². The van der Waals surface area contributed by atoms with Gasteiger partial charge in [0.25, 0.3) is 0 Å². The Morgan fingerprint density at radius 1 is 0.778 bits per heavy atom. The molecule has 3 aromatic carbocycles. The van der Waals surface area contributed by atoms with Crippen LogP contribution in [0, 0.1) is 5.92 Å². The average Bonchev–Trinajstić information content (AvgIpc) is 3.03. The molecule has 242 valence electrons. The molecular formula is C35H38F6N2O2. The number of piperidine rings is 2. The first-order valence-electron chi connectivity index (χ1n) is 15.5. The standard InChI is InChI=1S/C35H38F6N2O2/c36-34(37,38)28-20-25(21-29(22-28)35(39,40)41)24-45-31-14-19-43(32(44)15-18-42-16-8-3-9-17-42)23-30(31)33(26-10-4-1-5-11-26)27-12-6-2-7-13-27/h1-2,4-7,10-13,20-22,30-31,33H,3,8-9,14-19,23-24H2/t30-,31+/m0/s1. The molecule has 0 N–H and O–H groups in total. The molecule has 2 aliphatic rings. The lowest BCUT2D eigenvalue weighted by atomic mass is 9.75. The summed E-state index contributed by atoms with van der Waals surface area (Å²) in [6, 6.07) is 21.0. The van der Waals surface area contributed by atoms with Gasteiger partial charge in [-0.05, 0) is 67.2 Å². The fourth-order valence-electron chi connectivity index (χ4n) is 6.62. The zero-order valence-corrected chi connectivity index (χ0v) is 25.0. The van der Waals surface area contributed by atoms with Crippen LogP contribution in [-0.2, 0) is 28.5 Å². The van der Waals surface area contributed by atoms with E-state index in [-0.39, 0.29) is 29.4 Å². The van der Waals surface area contributed by atoms with Crippen molar-refractivity contribution in [3.8, 4) is 0 Å². The highest BCUT2D eigenvalue weighted by molar-refractivity contribution is 5.76. The molecule has 0 bridgehead atoms. The van der Waals surface area contributed by atoms with Crippen LogP contribution in [0.1, 0.15) is 65.8 Å². The molecule has 2 saturated heterocycles. The molecule has 5 rings (SSSR count). The van der Waals surface area contributed by atoms with Gasteiger partial charge in [-0.3, -0.25) is 4.79 Å². The van der Waals surface area contributed by atoms with Gasteiger partial charge in [-0.2, -0.15) is 26.3 Å². The molecule has 2 fully saturated rings. The number of carbonyl (C=O) groups is 1. The van der Waals surface area contributed by atoms with Crippen LogP contribution >= 0.6 is 0 Å². The summed E-state index contributed by atoms with van der Waals surface area (Å²) < 4.78 is 87.4. The van der Waals surface area contributed by atoms with Gasteiger partial charge in [-0.1, -0.05) is 67.1 Å². The van der Waals surface area contributed by atoms with Gasteiger partial charge in [0, 0.05) is 37.9 Å². The van der Waals surface area contributed by atoms with Crippen LogP contribution in [0.5, 0.6) is 0 Å². The normalized spacial score (nSPS) is 20.0. The SMILES string of the molecule is O=C(CCN1CCCCC1)N1CC[C@@H](OCc2cc(C(F)(F)F)cc(C(F)(F)F)c2)[C@@H](C(c2ccccc2)c2ccccc2)C1. The number of benzene rings is 3. The summed E-state index contributed by atoms with van der Waals surface area (Å²) in [4.78, 5) is 17.6. The van der Waals surface area contributed by atoms with Crippen molar-refractivity contribution in [3.05, 3.63) is 107 Å². The van der Waals surface area contributed by atoms with Crippen LogP contribution in [0.25, 0.3) is 0 Å². The maximum absolute atomic E-state index is 13.5. The molecule has 0 aliphatic carbocycles. The lowest BCUT2D eigenvalue weighted by Crippen LogP contribution is -2.49. The maximum Gasteiger partial charge on any atom is 0.416 e. The van der Waals surface area contributed by atoms with Gasteiger partial charge >= 0.3 is 12.4 Å². The number of rotatable bonds is 9. The summed E-state index contributed by atoms with van der Waals surface area (Å²) in [5, 5.41) is 0. The summed E-state index contributed by atoms with van der Waals surface area (Å²) in [7, 11) is 0. The average molecular weight is 633 g/mol. The minimum Gasteiger partial charge on any atom is -0.373 e. The Balaban J connectivity index is 1.42. The highest BCUT2D eigenvalue weighted by Crippen LogP contribution is 2.40. The van der Waals surface area contributed by atoms with E-state index in [1.807, 2.05) is 65.6 Å². The number of likely N-dealkylation sites (tertiary alicyclic amines) is 2. The van der Waals surface area contributed by atoms with Gasteiger partial charge in [-0.15, -0.1) is 0 Å². The van der Waals surface area contributed by atoms with Gasteiger partial charge < -0.3 is 14.5 Å². The first kappa shape index (κ1) is 33.0. The van der Waals surface area contributed by atoms with E-state index in [9.17, 15) is 31.1 Å². The van der Waals surface area contributed by atoms with Crippen molar-refractivity contribution in [1.29, 1.82) is 0 Å². The van der Waals surface area contributed by atoms with Gasteiger partial charge in [0.1, 0.15) is 0 Å². The van der Waals surface area contributed by atoms with E-state index in [1.165, 1.54) is 6.42 Å². The van der Waals surface area contributed by atoms with Crippen LogP contribution in [0.15, 0.2) is 78.9 Å². The van der Waals surface area contributed by atoms with E-state index in [2.05, 4.69) is 4.90 Å². The fourth-order valence-corrected chi connectivity index (χ4v) is 6.62. The quantitative estimate of drug-likeness (QED) is 0.223. The second-order valence-corrected chi connectivity index (χ2v) is 12.0. The zero-order valence-electron chi connectivity index (χ0n) is 25.0.